The highest BCUT2D eigenvalue weighted by molar-refractivity contribution is 7.07. The van der Waals surface area contributed by atoms with E-state index >= 15 is 0 Å². The lowest BCUT2D eigenvalue weighted by atomic mass is 9.94. The number of fused-ring (bicyclic) bond motifs is 1. The molecule has 1 amide bonds. The van der Waals surface area contributed by atoms with Crippen LogP contribution in [0.1, 0.15) is 57.7 Å². The van der Waals surface area contributed by atoms with E-state index in [1.165, 1.54) is 23.5 Å². The van der Waals surface area contributed by atoms with Gasteiger partial charge in [-0.3, -0.25) is 24.3 Å². The van der Waals surface area contributed by atoms with E-state index in [0.717, 1.165) is 37.2 Å². The van der Waals surface area contributed by atoms with E-state index in [1.807, 2.05) is 26.0 Å². The molecule has 1 saturated heterocycles. The third kappa shape index (κ3) is 5.65. The fourth-order valence-corrected chi connectivity index (χ4v) is 6.85. The molecule has 0 radical (unpaired) electrons. The normalized spacial score (nSPS) is 17.7. The second-order valence-electron chi connectivity index (χ2n) is 10.8. The van der Waals surface area contributed by atoms with Gasteiger partial charge in [0.2, 0.25) is 0 Å². The molecule has 0 aliphatic carbocycles. The Kier molecular flexibility index (Phi) is 8.65. The van der Waals surface area contributed by atoms with Gasteiger partial charge in [-0.15, -0.1) is 0 Å². The molecular weight excluding hydrogens is 574 g/mol. The Bertz CT molecular complexity index is 1730. The fourth-order valence-electron chi connectivity index (χ4n) is 5.69. The van der Waals surface area contributed by atoms with Gasteiger partial charge in [0.1, 0.15) is 0 Å². The van der Waals surface area contributed by atoms with Crippen molar-refractivity contribution < 1.29 is 9.72 Å². The lowest BCUT2D eigenvalue weighted by Gasteiger charge is -2.33. The SMILES string of the molecule is CCN(CC)C(=O)C1=C(C)N=c2s/c(=C\c3cc([N+](=O)[O-])ccc3N3CCC(C)CC3)c(=O)n2[C@H]1c1ccc(Cl)cc1. The van der Waals surface area contributed by atoms with Gasteiger partial charge in [0.25, 0.3) is 17.2 Å². The molecule has 0 saturated carbocycles. The third-order valence-electron chi connectivity index (χ3n) is 8.12. The van der Waals surface area contributed by atoms with Crippen LogP contribution in [0.5, 0.6) is 0 Å². The molecule has 0 spiro atoms. The van der Waals surface area contributed by atoms with E-state index in [9.17, 15) is 19.7 Å². The molecule has 220 valence electrons. The Morgan fingerprint density at radius 3 is 2.45 bits per heavy atom. The second kappa shape index (κ2) is 12.2. The summed E-state index contributed by atoms with van der Waals surface area (Å²) >= 11 is 7.41. The predicted molar refractivity (Wildman–Crippen MR) is 167 cm³/mol. The van der Waals surface area contributed by atoms with Crippen LogP contribution in [-0.4, -0.2) is 46.5 Å². The van der Waals surface area contributed by atoms with Crippen LogP contribution in [0, 0.1) is 16.0 Å². The van der Waals surface area contributed by atoms with Crippen molar-refractivity contribution in [3.63, 3.8) is 0 Å². The van der Waals surface area contributed by atoms with Crippen LogP contribution in [0.2, 0.25) is 5.02 Å². The molecule has 1 aromatic heterocycles. The second-order valence-corrected chi connectivity index (χ2v) is 12.2. The van der Waals surface area contributed by atoms with Crippen molar-refractivity contribution >= 4 is 46.3 Å². The first-order chi connectivity index (χ1) is 20.1. The number of thiazole rings is 1. The number of allylic oxidation sites excluding steroid dienone is 1. The molecule has 11 heteroatoms. The van der Waals surface area contributed by atoms with Gasteiger partial charge in [-0.25, -0.2) is 4.99 Å². The van der Waals surface area contributed by atoms with Crippen molar-refractivity contribution in [1.82, 2.24) is 9.47 Å². The molecule has 3 heterocycles. The molecule has 2 aromatic carbocycles. The molecule has 0 unspecified atom stereocenters. The number of nitro groups is 1. The smallest absolute Gasteiger partial charge is 0.271 e. The summed E-state index contributed by atoms with van der Waals surface area (Å²) in [6.07, 6.45) is 3.79. The summed E-state index contributed by atoms with van der Waals surface area (Å²) in [7, 11) is 0. The number of aromatic nitrogens is 1. The van der Waals surface area contributed by atoms with E-state index < -0.39 is 11.0 Å². The van der Waals surface area contributed by atoms with Gasteiger partial charge in [0.15, 0.2) is 4.80 Å². The Hall–Kier alpha value is -3.76. The quantitative estimate of drug-likeness (QED) is 0.281. The number of halogens is 1. The van der Waals surface area contributed by atoms with Crippen LogP contribution in [0.15, 0.2) is 63.5 Å². The number of rotatable bonds is 7. The van der Waals surface area contributed by atoms with Crippen molar-refractivity contribution in [2.45, 2.75) is 46.6 Å². The number of carbonyl (C=O) groups is 1. The number of hydrogen-bond acceptors (Lipinski definition) is 7. The Morgan fingerprint density at radius 2 is 1.83 bits per heavy atom. The molecule has 0 bridgehead atoms. The van der Waals surface area contributed by atoms with Crippen LogP contribution in [0.3, 0.4) is 0 Å². The Morgan fingerprint density at radius 1 is 1.17 bits per heavy atom. The molecular formula is C31H34ClN5O4S. The summed E-state index contributed by atoms with van der Waals surface area (Å²) in [5.74, 6) is 0.451. The largest absolute Gasteiger partial charge is 0.371 e. The van der Waals surface area contributed by atoms with E-state index in [1.54, 1.807) is 40.7 Å². The van der Waals surface area contributed by atoms with E-state index in [4.69, 9.17) is 16.6 Å². The zero-order chi connectivity index (χ0) is 30.1. The third-order valence-corrected chi connectivity index (χ3v) is 9.36. The average Bonchev–Trinajstić information content (AvgIpc) is 3.27. The molecule has 9 nitrogen and oxygen atoms in total. The lowest BCUT2D eigenvalue weighted by molar-refractivity contribution is -0.384. The molecule has 5 rings (SSSR count). The maximum absolute atomic E-state index is 14.2. The van der Waals surface area contributed by atoms with Crippen LogP contribution in [0.25, 0.3) is 6.08 Å². The molecule has 2 aliphatic heterocycles. The zero-order valence-electron chi connectivity index (χ0n) is 24.2. The highest BCUT2D eigenvalue weighted by atomic mass is 35.5. The highest BCUT2D eigenvalue weighted by Crippen LogP contribution is 2.33. The number of anilines is 1. The summed E-state index contributed by atoms with van der Waals surface area (Å²) in [5, 5.41) is 12.2. The lowest BCUT2D eigenvalue weighted by Crippen LogP contribution is -2.43. The maximum Gasteiger partial charge on any atom is 0.271 e. The van der Waals surface area contributed by atoms with Gasteiger partial charge in [0.05, 0.1) is 26.8 Å². The topological polar surface area (TPSA) is 101 Å². The Balaban J connectivity index is 1.70. The number of amides is 1. The molecule has 0 N–H and O–H groups in total. The van der Waals surface area contributed by atoms with Crippen LogP contribution < -0.4 is 19.8 Å². The predicted octanol–water partition coefficient (Wildman–Crippen LogP) is 4.90. The number of piperidine rings is 1. The van der Waals surface area contributed by atoms with Crippen molar-refractivity contribution in [2.75, 3.05) is 31.1 Å². The zero-order valence-corrected chi connectivity index (χ0v) is 25.7. The summed E-state index contributed by atoms with van der Waals surface area (Å²) < 4.78 is 1.97. The standard InChI is InChI=1S/C31H34ClN5O4S/c1-5-34(6-2)30(39)27-20(4)33-31-36(28(27)21-7-9-23(32)10-8-21)29(38)26(42-31)18-22-17-24(37(40)41)11-12-25(22)35-15-13-19(3)14-16-35/h7-12,17-19,28H,5-6,13-16H2,1-4H3/b26-18-/t28-/m0/s1. The first-order valence-electron chi connectivity index (χ1n) is 14.2. The minimum absolute atomic E-state index is 0.0369. The molecule has 1 fully saturated rings. The van der Waals surface area contributed by atoms with Gasteiger partial charge in [-0.1, -0.05) is 42.0 Å². The van der Waals surface area contributed by atoms with E-state index in [2.05, 4.69) is 11.8 Å². The molecule has 1 atom stereocenters. The summed E-state index contributed by atoms with van der Waals surface area (Å²) in [5.41, 5.74) is 2.88. The van der Waals surface area contributed by atoms with Crippen molar-refractivity contribution in [1.29, 1.82) is 0 Å². The number of carbonyl (C=O) groups excluding carboxylic acids is 1. The highest BCUT2D eigenvalue weighted by Gasteiger charge is 2.34. The number of hydrogen-bond donors (Lipinski definition) is 0. The number of likely N-dealkylation sites (N-methyl/N-ethyl adjacent to an activating group) is 1. The van der Waals surface area contributed by atoms with Gasteiger partial charge in [-0.2, -0.15) is 0 Å². The number of non-ortho nitro benzene ring substituents is 1. The first-order valence-corrected chi connectivity index (χ1v) is 15.4. The maximum atomic E-state index is 14.2. The van der Waals surface area contributed by atoms with Gasteiger partial charge >= 0.3 is 0 Å². The summed E-state index contributed by atoms with van der Waals surface area (Å²) in [6, 6.07) is 11.3. The van der Waals surface area contributed by atoms with E-state index in [-0.39, 0.29) is 17.2 Å². The summed E-state index contributed by atoms with van der Waals surface area (Å²) in [6.45, 7) is 10.6. The Labute approximate surface area is 253 Å². The van der Waals surface area contributed by atoms with Crippen molar-refractivity contribution in [2.24, 2.45) is 10.9 Å². The molecule has 2 aliphatic rings. The van der Waals surface area contributed by atoms with Gasteiger partial charge < -0.3 is 9.80 Å². The monoisotopic (exact) mass is 607 g/mol. The van der Waals surface area contributed by atoms with Gasteiger partial charge in [0, 0.05) is 54.6 Å². The van der Waals surface area contributed by atoms with Crippen molar-refractivity contribution in [3.05, 3.63) is 99.7 Å². The molecule has 42 heavy (non-hydrogen) atoms. The van der Waals surface area contributed by atoms with E-state index in [0.29, 0.717) is 50.2 Å². The van der Waals surface area contributed by atoms with Gasteiger partial charge in [-0.05, 0) is 69.4 Å². The van der Waals surface area contributed by atoms with Crippen LogP contribution >= 0.6 is 22.9 Å². The van der Waals surface area contributed by atoms with Crippen molar-refractivity contribution in [3.8, 4) is 0 Å². The number of nitro benzene ring substituents is 1. The minimum atomic E-state index is -0.693. The first kappa shape index (κ1) is 29.7. The van der Waals surface area contributed by atoms with Crippen LogP contribution in [0.4, 0.5) is 11.4 Å². The minimum Gasteiger partial charge on any atom is -0.371 e. The number of nitrogens with zero attached hydrogens (tertiary/aromatic N) is 5. The average molecular weight is 608 g/mol. The summed E-state index contributed by atoms with van der Waals surface area (Å²) in [4.78, 5) is 48.4. The molecule has 3 aromatic rings. The number of benzene rings is 2. The fraction of sp³-hybridized carbons (Fsp3) is 0.387. The van der Waals surface area contributed by atoms with Crippen LogP contribution in [-0.2, 0) is 4.79 Å².